The molecule has 3 aromatic heterocycles. The summed E-state index contributed by atoms with van der Waals surface area (Å²) in [6.45, 7) is 0.686. The van der Waals surface area contributed by atoms with Gasteiger partial charge in [-0.05, 0) is 18.6 Å². The normalized spacial score (nSPS) is 17.8. The predicted octanol–water partition coefficient (Wildman–Crippen LogP) is 1.71. The summed E-state index contributed by atoms with van der Waals surface area (Å²) >= 11 is 1.44. The van der Waals surface area contributed by atoms with E-state index >= 15 is 0 Å². The molecule has 9 heteroatoms. The van der Waals surface area contributed by atoms with Gasteiger partial charge in [-0.1, -0.05) is 11.8 Å². The second kappa shape index (κ2) is 5.82. The van der Waals surface area contributed by atoms with E-state index in [4.69, 9.17) is 4.42 Å². The quantitative estimate of drug-likeness (QED) is 0.716. The smallest absolute Gasteiger partial charge is 0.240 e. The molecule has 0 unspecified atom stereocenters. The van der Waals surface area contributed by atoms with E-state index in [9.17, 15) is 4.79 Å². The molecule has 1 aliphatic heterocycles. The van der Waals surface area contributed by atoms with Crippen molar-refractivity contribution in [3.63, 3.8) is 0 Å². The van der Waals surface area contributed by atoms with Crippen molar-refractivity contribution in [1.82, 2.24) is 24.5 Å². The van der Waals surface area contributed by atoms with Crippen LogP contribution in [0.4, 0.5) is 5.69 Å². The molecule has 1 saturated heterocycles. The van der Waals surface area contributed by atoms with Gasteiger partial charge in [-0.3, -0.25) is 9.48 Å². The molecular formula is C15H16N6O2S. The van der Waals surface area contributed by atoms with Gasteiger partial charge in [0.2, 0.25) is 5.91 Å². The van der Waals surface area contributed by atoms with Crippen LogP contribution in [-0.4, -0.2) is 42.2 Å². The lowest BCUT2D eigenvalue weighted by atomic mass is 10.4. The SMILES string of the molecule is Cn1cc(N2CC[C@H](Sc3nnc(-c4ccco4)n3C)C2=O)cn1. The Morgan fingerprint density at radius 1 is 1.33 bits per heavy atom. The molecule has 0 aliphatic carbocycles. The lowest BCUT2D eigenvalue weighted by Gasteiger charge is -2.13. The molecule has 1 aliphatic rings. The van der Waals surface area contributed by atoms with Crippen LogP contribution in [0.2, 0.25) is 0 Å². The van der Waals surface area contributed by atoms with E-state index in [0.29, 0.717) is 23.3 Å². The van der Waals surface area contributed by atoms with Crippen LogP contribution in [0.3, 0.4) is 0 Å². The summed E-state index contributed by atoms with van der Waals surface area (Å²) in [6.07, 6.45) is 5.93. The minimum absolute atomic E-state index is 0.0792. The zero-order chi connectivity index (χ0) is 16.7. The van der Waals surface area contributed by atoms with Crippen molar-refractivity contribution in [2.45, 2.75) is 16.8 Å². The minimum Gasteiger partial charge on any atom is -0.461 e. The zero-order valence-corrected chi connectivity index (χ0v) is 14.1. The lowest BCUT2D eigenvalue weighted by Crippen LogP contribution is -2.27. The van der Waals surface area contributed by atoms with E-state index in [-0.39, 0.29) is 11.2 Å². The number of aryl methyl sites for hydroxylation is 1. The maximum Gasteiger partial charge on any atom is 0.240 e. The van der Waals surface area contributed by atoms with Crippen molar-refractivity contribution in [2.75, 3.05) is 11.4 Å². The van der Waals surface area contributed by atoms with Crippen LogP contribution in [-0.2, 0) is 18.9 Å². The Balaban J connectivity index is 1.51. The van der Waals surface area contributed by atoms with Gasteiger partial charge in [0.1, 0.15) is 0 Å². The number of carbonyl (C=O) groups is 1. The molecule has 1 amide bonds. The molecule has 0 radical (unpaired) electrons. The highest BCUT2D eigenvalue weighted by Crippen LogP contribution is 2.33. The Labute approximate surface area is 142 Å². The molecule has 124 valence electrons. The summed E-state index contributed by atoms with van der Waals surface area (Å²) in [7, 11) is 3.71. The largest absolute Gasteiger partial charge is 0.461 e. The van der Waals surface area contributed by atoms with Crippen LogP contribution in [0, 0.1) is 0 Å². The Hall–Kier alpha value is -2.55. The Morgan fingerprint density at radius 3 is 2.92 bits per heavy atom. The molecule has 8 nitrogen and oxygen atoms in total. The molecule has 0 aromatic carbocycles. The number of hydrogen-bond acceptors (Lipinski definition) is 6. The average Bonchev–Trinajstić information content (AvgIpc) is 3.32. The van der Waals surface area contributed by atoms with Gasteiger partial charge in [0.25, 0.3) is 0 Å². The average molecular weight is 344 g/mol. The fourth-order valence-corrected chi connectivity index (χ4v) is 3.77. The highest BCUT2D eigenvalue weighted by atomic mass is 32.2. The maximum absolute atomic E-state index is 12.7. The standard InChI is InChI=1S/C15H16N6O2S/c1-19-9-10(8-16-19)21-6-5-12(14(21)22)24-15-18-17-13(20(15)2)11-4-3-7-23-11/h3-4,7-9,12H,5-6H2,1-2H3/t12-/m0/s1. The molecule has 3 aromatic rings. The summed E-state index contributed by atoms with van der Waals surface area (Å²) in [5.74, 6) is 1.39. The van der Waals surface area contributed by atoms with E-state index in [2.05, 4.69) is 15.3 Å². The van der Waals surface area contributed by atoms with E-state index in [1.807, 2.05) is 37.0 Å². The fraction of sp³-hybridized carbons (Fsp3) is 0.333. The van der Waals surface area contributed by atoms with Gasteiger partial charge < -0.3 is 13.9 Å². The first kappa shape index (κ1) is 15.0. The van der Waals surface area contributed by atoms with E-state index in [0.717, 1.165) is 12.1 Å². The van der Waals surface area contributed by atoms with Crippen LogP contribution in [0.1, 0.15) is 6.42 Å². The third-order valence-electron chi connectivity index (χ3n) is 3.98. The van der Waals surface area contributed by atoms with Crippen LogP contribution >= 0.6 is 11.8 Å². The van der Waals surface area contributed by atoms with Gasteiger partial charge in [0.05, 0.1) is 23.4 Å². The number of furan rings is 1. The molecule has 0 N–H and O–H groups in total. The minimum atomic E-state index is -0.169. The van der Waals surface area contributed by atoms with Gasteiger partial charge in [-0.2, -0.15) is 5.10 Å². The number of rotatable bonds is 4. The second-order valence-electron chi connectivity index (χ2n) is 5.60. The molecule has 4 heterocycles. The van der Waals surface area contributed by atoms with Crippen LogP contribution in [0.15, 0.2) is 40.4 Å². The van der Waals surface area contributed by atoms with Crippen LogP contribution in [0.25, 0.3) is 11.6 Å². The van der Waals surface area contributed by atoms with Gasteiger partial charge in [0.15, 0.2) is 16.7 Å². The predicted molar refractivity (Wildman–Crippen MR) is 88.5 cm³/mol. The Morgan fingerprint density at radius 2 is 2.21 bits per heavy atom. The number of amides is 1. The van der Waals surface area contributed by atoms with Gasteiger partial charge in [-0.15, -0.1) is 10.2 Å². The van der Waals surface area contributed by atoms with E-state index < -0.39 is 0 Å². The molecule has 1 atom stereocenters. The Bertz CT molecular complexity index is 869. The van der Waals surface area contributed by atoms with Gasteiger partial charge >= 0.3 is 0 Å². The molecule has 24 heavy (non-hydrogen) atoms. The van der Waals surface area contributed by atoms with Gasteiger partial charge in [0, 0.05) is 26.8 Å². The molecule has 0 bridgehead atoms. The summed E-state index contributed by atoms with van der Waals surface area (Å²) < 4.78 is 8.91. The summed E-state index contributed by atoms with van der Waals surface area (Å²) in [5, 5.41) is 13.0. The monoisotopic (exact) mass is 344 g/mol. The van der Waals surface area contributed by atoms with Crippen molar-refractivity contribution in [2.24, 2.45) is 14.1 Å². The second-order valence-corrected chi connectivity index (χ2v) is 6.77. The highest BCUT2D eigenvalue weighted by Gasteiger charge is 2.35. The highest BCUT2D eigenvalue weighted by molar-refractivity contribution is 8.00. The van der Waals surface area contributed by atoms with Crippen molar-refractivity contribution in [3.8, 4) is 11.6 Å². The van der Waals surface area contributed by atoms with Crippen LogP contribution < -0.4 is 4.90 Å². The summed E-state index contributed by atoms with van der Waals surface area (Å²) in [4.78, 5) is 14.4. The molecule has 4 rings (SSSR count). The number of thioether (sulfide) groups is 1. The third kappa shape index (κ3) is 2.50. The first-order valence-corrected chi connectivity index (χ1v) is 8.41. The molecular weight excluding hydrogens is 328 g/mol. The van der Waals surface area contributed by atoms with E-state index in [1.54, 1.807) is 22.0 Å². The van der Waals surface area contributed by atoms with Crippen LogP contribution in [0.5, 0.6) is 0 Å². The number of hydrogen-bond donors (Lipinski definition) is 0. The van der Waals surface area contributed by atoms with Gasteiger partial charge in [-0.25, -0.2) is 0 Å². The summed E-state index contributed by atoms with van der Waals surface area (Å²) in [5.41, 5.74) is 0.833. The Kier molecular flexibility index (Phi) is 3.64. The number of nitrogens with zero attached hydrogens (tertiary/aromatic N) is 6. The number of aromatic nitrogens is 5. The van der Waals surface area contributed by atoms with Crippen molar-refractivity contribution in [3.05, 3.63) is 30.8 Å². The molecule has 0 spiro atoms. The van der Waals surface area contributed by atoms with Crippen molar-refractivity contribution in [1.29, 1.82) is 0 Å². The lowest BCUT2D eigenvalue weighted by molar-refractivity contribution is -0.116. The maximum atomic E-state index is 12.7. The number of anilines is 1. The number of carbonyl (C=O) groups excluding carboxylic acids is 1. The summed E-state index contributed by atoms with van der Waals surface area (Å²) in [6, 6.07) is 3.65. The van der Waals surface area contributed by atoms with Crippen molar-refractivity contribution >= 4 is 23.4 Å². The molecule has 0 saturated carbocycles. The van der Waals surface area contributed by atoms with Crippen molar-refractivity contribution < 1.29 is 9.21 Å². The zero-order valence-electron chi connectivity index (χ0n) is 13.3. The molecule has 1 fully saturated rings. The van der Waals surface area contributed by atoms with E-state index in [1.165, 1.54) is 11.8 Å². The topological polar surface area (TPSA) is 82.0 Å². The first-order chi connectivity index (χ1) is 11.6. The third-order valence-corrected chi connectivity index (χ3v) is 5.27. The first-order valence-electron chi connectivity index (χ1n) is 7.53. The fourth-order valence-electron chi connectivity index (χ4n) is 2.73.